The molecule has 1 aromatic heterocycles. The normalized spacial score (nSPS) is 15.2. The molecule has 0 unspecified atom stereocenters. The summed E-state index contributed by atoms with van der Waals surface area (Å²) in [5.74, 6) is -0.167. The number of fused-ring (bicyclic) bond motifs is 1. The van der Waals surface area contributed by atoms with Crippen LogP contribution in [0.3, 0.4) is 0 Å². The van der Waals surface area contributed by atoms with Gasteiger partial charge in [-0.15, -0.1) is 0 Å². The smallest absolute Gasteiger partial charge is 0.274 e. The third-order valence-corrected chi connectivity index (χ3v) is 6.25. The van der Waals surface area contributed by atoms with E-state index in [-0.39, 0.29) is 17.8 Å². The Hall–Kier alpha value is -2.47. The van der Waals surface area contributed by atoms with E-state index in [2.05, 4.69) is 31.0 Å². The number of halogens is 1. The van der Waals surface area contributed by atoms with Gasteiger partial charge in [0.1, 0.15) is 17.4 Å². The molecule has 0 radical (unpaired) electrons. The standard InChI is InChI=1S/C22H23FN2O2S/c1-14-6-7-16(12-15(14)2)13-20(26)25-10-8-17(9-11-25)27-22-24-21-18(23)4-3-5-19(21)28-22/h3-7,12,17H,8-11,13H2,1-2H3. The summed E-state index contributed by atoms with van der Waals surface area (Å²) >= 11 is 1.36. The Labute approximate surface area is 168 Å². The first-order valence-corrected chi connectivity index (χ1v) is 10.4. The molecule has 6 heteroatoms. The van der Waals surface area contributed by atoms with Crippen LogP contribution in [0.15, 0.2) is 36.4 Å². The van der Waals surface area contributed by atoms with Crippen molar-refractivity contribution >= 4 is 27.5 Å². The van der Waals surface area contributed by atoms with Crippen molar-refractivity contribution in [2.75, 3.05) is 13.1 Å². The monoisotopic (exact) mass is 398 g/mol. The number of aryl methyl sites for hydroxylation is 2. The lowest BCUT2D eigenvalue weighted by molar-refractivity contribution is -0.132. The minimum Gasteiger partial charge on any atom is -0.467 e. The summed E-state index contributed by atoms with van der Waals surface area (Å²) in [5.41, 5.74) is 3.88. The maximum absolute atomic E-state index is 13.8. The molecule has 0 atom stereocenters. The van der Waals surface area contributed by atoms with Gasteiger partial charge < -0.3 is 9.64 Å². The largest absolute Gasteiger partial charge is 0.467 e. The van der Waals surface area contributed by atoms with Gasteiger partial charge in [-0.3, -0.25) is 4.79 Å². The Morgan fingerprint density at radius 1 is 1.21 bits per heavy atom. The highest BCUT2D eigenvalue weighted by Crippen LogP contribution is 2.31. The van der Waals surface area contributed by atoms with E-state index in [1.165, 1.54) is 28.5 Å². The topological polar surface area (TPSA) is 42.4 Å². The summed E-state index contributed by atoms with van der Waals surface area (Å²) in [4.78, 5) is 18.8. The molecule has 1 aliphatic heterocycles. The molecule has 2 heterocycles. The van der Waals surface area contributed by atoms with Crippen molar-refractivity contribution in [2.45, 2.75) is 39.2 Å². The zero-order valence-corrected chi connectivity index (χ0v) is 16.9. The maximum Gasteiger partial charge on any atom is 0.274 e. The van der Waals surface area contributed by atoms with Gasteiger partial charge in [0.05, 0.1) is 11.1 Å². The lowest BCUT2D eigenvalue weighted by Crippen LogP contribution is -2.42. The van der Waals surface area contributed by atoms with Crippen LogP contribution in [0.2, 0.25) is 0 Å². The molecule has 0 spiro atoms. The predicted molar refractivity (Wildman–Crippen MR) is 109 cm³/mol. The number of hydrogen-bond acceptors (Lipinski definition) is 4. The van der Waals surface area contributed by atoms with E-state index in [1.807, 2.05) is 17.0 Å². The minimum atomic E-state index is -0.324. The van der Waals surface area contributed by atoms with Crippen molar-refractivity contribution in [3.8, 4) is 5.19 Å². The highest BCUT2D eigenvalue weighted by molar-refractivity contribution is 7.20. The van der Waals surface area contributed by atoms with Crippen LogP contribution in [0.5, 0.6) is 5.19 Å². The van der Waals surface area contributed by atoms with E-state index in [0.717, 1.165) is 23.1 Å². The Kier molecular flexibility index (Phi) is 5.31. The number of amides is 1. The first-order chi connectivity index (χ1) is 13.5. The van der Waals surface area contributed by atoms with Gasteiger partial charge in [0.2, 0.25) is 5.91 Å². The number of benzene rings is 2. The Balaban J connectivity index is 1.32. The summed E-state index contributed by atoms with van der Waals surface area (Å²) in [7, 11) is 0. The molecule has 2 aromatic carbocycles. The summed E-state index contributed by atoms with van der Waals surface area (Å²) < 4.78 is 20.5. The fraction of sp³-hybridized carbons (Fsp3) is 0.364. The van der Waals surface area contributed by atoms with E-state index >= 15 is 0 Å². The number of carbonyl (C=O) groups is 1. The third-order valence-electron chi connectivity index (χ3n) is 5.34. The van der Waals surface area contributed by atoms with Gasteiger partial charge in [-0.05, 0) is 42.7 Å². The number of aromatic nitrogens is 1. The van der Waals surface area contributed by atoms with E-state index in [1.54, 1.807) is 6.07 Å². The third kappa shape index (κ3) is 4.02. The number of hydrogen-bond donors (Lipinski definition) is 0. The van der Waals surface area contributed by atoms with Crippen molar-refractivity contribution in [2.24, 2.45) is 0 Å². The lowest BCUT2D eigenvalue weighted by Gasteiger charge is -2.31. The van der Waals surface area contributed by atoms with Crippen LogP contribution in [0.25, 0.3) is 10.2 Å². The van der Waals surface area contributed by atoms with E-state index in [0.29, 0.717) is 30.2 Å². The zero-order valence-electron chi connectivity index (χ0n) is 16.1. The molecule has 28 heavy (non-hydrogen) atoms. The zero-order chi connectivity index (χ0) is 19.7. The summed E-state index contributed by atoms with van der Waals surface area (Å²) in [6.07, 6.45) is 1.96. The summed E-state index contributed by atoms with van der Waals surface area (Å²) in [6, 6.07) is 11.1. The molecule has 3 aromatic rings. The van der Waals surface area contributed by atoms with Gasteiger partial charge in [-0.2, -0.15) is 4.98 Å². The molecule has 0 saturated carbocycles. The number of piperidine rings is 1. The fourth-order valence-corrected chi connectivity index (χ4v) is 4.41. The summed E-state index contributed by atoms with van der Waals surface area (Å²) in [5, 5.41) is 0.500. The van der Waals surface area contributed by atoms with E-state index in [9.17, 15) is 9.18 Å². The SMILES string of the molecule is Cc1ccc(CC(=O)N2CCC(Oc3nc4c(F)cccc4s3)CC2)cc1C. The molecule has 1 saturated heterocycles. The quantitative estimate of drug-likeness (QED) is 0.642. The lowest BCUT2D eigenvalue weighted by atomic mass is 10.0. The van der Waals surface area contributed by atoms with Gasteiger partial charge in [-0.25, -0.2) is 4.39 Å². The van der Waals surface area contributed by atoms with Crippen LogP contribution in [0.4, 0.5) is 4.39 Å². The Morgan fingerprint density at radius 2 is 2.00 bits per heavy atom. The Bertz CT molecular complexity index is 1010. The highest BCUT2D eigenvalue weighted by Gasteiger charge is 2.25. The first kappa shape index (κ1) is 18.9. The van der Waals surface area contributed by atoms with Crippen molar-refractivity contribution in [1.29, 1.82) is 0 Å². The maximum atomic E-state index is 13.8. The molecule has 1 fully saturated rings. The van der Waals surface area contributed by atoms with Gasteiger partial charge in [0, 0.05) is 25.9 Å². The number of thiazole rings is 1. The predicted octanol–water partition coefficient (Wildman–Crippen LogP) is 4.66. The van der Waals surface area contributed by atoms with Gasteiger partial charge in [-0.1, -0.05) is 35.6 Å². The molecule has 4 nitrogen and oxygen atoms in total. The second-order valence-electron chi connectivity index (χ2n) is 7.36. The molecule has 0 N–H and O–H groups in total. The number of ether oxygens (including phenoxy) is 1. The minimum absolute atomic E-state index is 0.00860. The van der Waals surface area contributed by atoms with Gasteiger partial charge >= 0.3 is 0 Å². The highest BCUT2D eigenvalue weighted by atomic mass is 32.1. The van der Waals surface area contributed by atoms with Crippen molar-refractivity contribution < 1.29 is 13.9 Å². The van der Waals surface area contributed by atoms with E-state index in [4.69, 9.17) is 4.74 Å². The van der Waals surface area contributed by atoms with Crippen LogP contribution < -0.4 is 4.74 Å². The van der Waals surface area contributed by atoms with Gasteiger partial charge in [0.25, 0.3) is 5.19 Å². The second-order valence-corrected chi connectivity index (χ2v) is 8.35. The molecule has 0 bridgehead atoms. The molecule has 1 aliphatic rings. The first-order valence-electron chi connectivity index (χ1n) is 9.55. The van der Waals surface area contributed by atoms with Crippen LogP contribution in [0.1, 0.15) is 29.5 Å². The molecule has 4 rings (SSSR count). The van der Waals surface area contributed by atoms with E-state index < -0.39 is 0 Å². The van der Waals surface area contributed by atoms with Crippen LogP contribution in [0, 0.1) is 19.7 Å². The average Bonchev–Trinajstić information content (AvgIpc) is 3.09. The van der Waals surface area contributed by atoms with Gasteiger partial charge in [0.15, 0.2) is 0 Å². The molecule has 0 aliphatic carbocycles. The molecular weight excluding hydrogens is 375 g/mol. The van der Waals surface area contributed by atoms with Crippen LogP contribution >= 0.6 is 11.3 Å². The average molecular weight is 399 g/mol. The number of para-hydroxylation sites is 1. The Morgan fingerprint density at radius 3 is 2.71 bits per heavy atom. The van der Waals surface area contributed by atoms with Crippen molar-refractivity contribution in [1.82, 2.24) is 9.88 Å². The fourth-order valence-electron chi connectivity index (χ4n) is 3.51. The van der Waals surface area contributed by atoms with Crippen LogP contribution in [-0.4, -0.2) is 35.0 Å². The number of carbonyl (C=O) groups excluding carboxylic acids is 1. The molecule has 1 amide bonds. The number of nitrogens with zero attached hydrogens (tertiary/aromatic N) is 2. The number of rotatable bonds is 4. The van der Waals surface area contributed by atoms with Crippen molar-refractivity contribution in [3.63, 3.8) is 0 Å². The van der Waals surface area contributed by atoms with Crippen LogP contribution in [-0.2, 0) is 11.2 Å². The number of likely N-dealkylation sites (tertiary alicyclic amines) is 1. The molecule has 146 valence electrons. The molecular formula is C22H23FN2O2S. The van der Waals surface area contributed by atoms with Crippen molar-refractivity contribution in [3.05, 3.63) is 58.9 Å². The second kappa shape index (κ2) is 7.87. The summed E-state index contributed by atoms with van der Waals surface area (Å²) in [6.45, 7) is 5.49.